The maximum atomic E-state index is 13.2. The first-order valence-electron chi connectivity index (χ1n) is 11.4. The molecule has 0 spiro atoms. The number of hydrogen-bond acceptors (Lipinski definition) is 5. The number of amides is 3. The van der Waals surface area contributed by atoms with Crippen LogP contribution in [0.1, 0.15) is 44.9 Å². The lowest BCUT2D eigenvalue weighted by Gasteiger charge is -2.30. The van der Waals surface area contributed by atoms with Crippen molar-refractivity contribution in [3.8, 4) is 5.75 Å². The third kappa shape index (κ3) is 5.49. The lowest BCUT2D eigenvalue weighted by atomic mass is 10.1. The fraction of sp³-hybridized carbons (Fsp3) is 0.652. The summed E-state index contributed by atoms with van der Waals surface area (Å²) in [5.41, 5.74) is 1.35. The van der Waals surface area contributed by atoms with Gasteiger partial charge in [-0.1, -0.05) is 0 Å². The zero-order valence-corrected chi connectivity index (χ0v) is 18.3. The molecule has 31 heavy (non-hydrogen) atoms. The standard InChI is InChI=1S/C23H33N3O5/c1-29-21-10-9-17(14-20(21)26-11-3-2-8-22(26)27)24-23(28)25(15-18-6-4-12-30-18)16-19-7-5-13-31-19/h9-10,14,18-19H,2-8,11-13,15-16H2,1H3,(H,24,28). The Hall–Kier alpha value is -2.32. The van der Waals surface area contributed by atoms with Gasteiger partial charge in [0.2, 0.25) is 5.91 Å². The summed E-state index contributed by atoms with van der Waals surface area (Å²) in [6.07, 6.45) is 6.57. The molecule has 170 valence electrons. The number of hydrogen-bond donors (Lipinski definition) is 1. The van der Waals surface area contributed by atoms with Crippen molar-refractivity contribution in [1.29, 1.82) is 0 Å². The van der Waals surface area contributed by atoms with E-state index < -0.39 is 0 Å². The van der Waals surface area contributed by atoms with Crippen LogP contribution < -0.4 is 15.0 Å². The van der Waals surface area contributed by atoms with E-state index in [1.54, 1.807) is 18.1 Å². The van der Waals surface area contributed by atoms with Crippen molar-refractivity contribution in [1.82, 2.24) is 4.90 Å². The zero-order valence-electron chi connectivity index (χ0n) is 18.3. The van der Waals surface area contributed by atoms with Crippen LogP contribution in [-0.2, 0) is 14.3 Å². The molecule has 0 aromatic heterocycles. The molecule has 1 aromatic carbocycles. The van der Waals surface area contributed by atoms with Gasteiger partial charge in [-0.2, -0.15) is 0 Å². The molecule has 3 saturated heterocycles. The molecule has 8 nitrogen and oxygen atoms in total. The van der Waals surface area contributed by atoms with Crippen molar-refractivity contribution >= 4 is 23.3 Å². The van der Waals surface area contributed by atoms with Gasteiger partial charge in [0.1, 0.15) is 5.75 Å². The third-order valence-corrected chi connectivity index (χ3v) is 6.23. The molecule has 3 heterocycles. The van der Waals surface area contributed by atoms with Crippen LogP contribution in [0.4, 0.5) is 16.2 Å². The summed E-state index contributed by atoms with van der Waals surface area (Å²) < 4.78 is 17.0. The second-order valence-corrected chi connectivity index (χ2v) is 8.49. The Bertz CT molecular complexity index is 756. The Labute approximate surface area is 183 Å². The van der Waals surface area contributed by atoms with Crippen LogP contribution in [0, 0.1) is 0 Å². The molecule has 3 fully saturated rings. The number of nitrogens with one attached hydrogen (secondary N) is 1. The number of urea groups is 1. The third-order valence-electron chi connectivity index (χ3n) is 6.23. The highest BCUT2D eigenvalue weighted by atomic mass is 16.5. The Kier molecular flexibility index (Phi) is 7.29. The second kappa shape index (κ2) is 10.3. The van der Waals surface area contributed by atoms with Crippen LogP contribution in [0.2, 0.25) is 0 Å². The van der Waals surface area contributed by atoms with Crippen molar-refractivity contribution in [2.75, 3.05) is 50.2 Å². The SMILES string of the molecule is COc1ccc(NC(=O)N(CC2CCCO2)CC2CCCO2)cc1N1CCCCC1=O. The van der Waals surface area contributed by atoms with Gasteiger partial charge >= 0.3 is 6.03 Å². The Balaban J connectivity index is 1.48. The topological polar surface area (TPSA) is 80.3 Å². The molecule has 1 aromatic rings. The van der Waals surface area contributed by atoms with Gasteiger partial charge < -0.3 is 29.3 Å². The van der Waals surface area contributed by atoms with Gasteiger partial charge in [0.15, 0.2) is 0 Å². The van der Waals surface area contributed by atoms with Gasteiger partial charge in [-0.25, -0.2) is 4.79 Å². The minimum atomic E-state index is -0.174. The van der Waals surface area contributed by atoms with Gasteiger partial charge in [0.05, 0.1) is 25.0 Å². The predicted molar refractivity (Wildman–Crippen MR) is 118 cm³/mol. The number of piperidine rings is 1. The van der Waals surface area contributed by atoms with Gasteiger partial charge in [-0.3, -0.25) is 4.79 Å². The average molecular weight is 432 g/mol. The smallest absolute Gasteiger partial charge is 0.322 e. The van der Waals surface area contributed by atoms with Crippen molar-refractivity contribution in [2.45, 2.75) is 57.2 Å². The van der Waals surface area contributed by atoms with Crippen molar-refractivity contribution in [3.05, 3.63) is 18.2 Å². The van der Waals surface area contributed by atoms with E-state index in [-0.39, 0.29) is 24.1 Å². The average Bonchev–Trinajstić information content (AvgIpc) is 3.48. The highest BCUT2D eigenvalue weighted by Gasteiger charge is 2.28. The van der Waals surface area contributed by atoms with E-state index in [4.69, 9.17) is 14.2 Å². The van der Waals surface area contributed by atoms with E-state index in [1.807, 2.05) is 17.0 Å². The molecular formula is C23H33N3O5. The first-order valence-corrected chi connectivity index (χ1v) is 11.4. The van der Waals surface area contributed by atoms with Gasteiger partial charge in [-0.15, -0.1) is 0 Å². The lowest BCUT2D eigenvalue weighted by Crippen LogP contribution is -2.44. The molecule has 3 amide bonds. The lowest BCUT2D eigenvalue weighted by molar-refractivity contribution is -0.119. The fourth-order valence-electron chi connectivity index (χ4n) is 4.55. The van der Waals surface area contributed by atoms with Crippen LogP contribution in [0.5, 0.6) is 5.75 Å². The summed E-state index contributed by atoms with van der Waals surface area (Å²) in [7, 11) is 1.59. The number of anilines is 2. The first-order chi connectivity index (χ1) is 15.1. The van der Waals surface area contributed by atoms with Crippen molar-refractivity contribution in [3.63, 3.8) is 0 Å². The van der Waals surface area contributed by atoms with Gasteiger partial charge in [0, 0.05) is 45.0 Å². The minimum Gasteiger partial charge on any atom is -0.495 e. The summed E-state index contributed by atoms with van der Waals surface area (Å²) >= 11 is 0. The van der Waals surface area contributed by atoms with Gasteiger partial charge in [0.25, 0.3) is 0 Å². The predicted octanol–water partition coefficient (Wildman–Crippen LogP) is 3.40. The maximum Gasteiger partial charge on any atom is 0.322 e. The molecule has 4 rings (SSSR count). The van der Waals surface area contributed by atoms with Gasteiger partial charge in [-0.05, 0) is 56.7 Å². The number of nitrogens with zero attached hydrogens (tertiary/aromatic N) is 2. The summed E-state index contributed by atoms with van der Waals surface area (Å²) in [5, 5.41) is 3.02. The largest absolute Gasteiger partial charge is 0.495 e. The highest BCUT2D eigenvalue weighted by Crippen LogP contribution is 2.33. The Morgan fingerprint density at radius 1 is 1.13 bits per heavy atom. The monoisotopic (exact) mass is 431 g/mol. The quantitative estimate of drug-likeness (QED) is 0.716. The number of carbonyl (C=O) groups excluding carboxylic acids is 2. The number of rotatable bonds is 7. The summed E-state index contributed by atoms with van der Waals surface area (Å²) in [6, 6.07) is 5.27. The zero-order chi connectivity index (χ0) is 21.6. The van der Waals surface area contributed by atoms with Crippen LogP contribution in [0.15, 0.2) is 18.2 Å². The van der Waals surface area contributed by atoms with Crippen LogP contribution in [-0.4, -0.2) is 69.0 Å². The fourth-order valence-corrected chi connectivity index (χ4v) is 4.55. The minimum absolute atomic E-state index is 0.0737. The number of ether oxygens (including phenoxy) is 3. The highest BCUT2D eigenvalue weighted by molar-refractivity contribution is 5.97. The molecular weight excluding hydrogens is 398 g/mol. The molecule has 8 heteroatoms. The summed E-state index contributed by atoms with van der Waals surface area (Å²) in [6.45, 7) is 3.28. The van der Waals surface area contributed by atoms with E-state index in [1.165, 1.54) is 0 Å². The van der Waals surface area contributed by atoms with E-state index in [0.717, 1.165) is 51.7 Å². The van der Waals surface area contributed by atoms with E-state index in [0.29, 0.717) is 43.2 Å². The molecule has 0 aliphatic carbocycles. The first kappa shape index (κ1) is 21.9. The molecule has 2 atom stereocenters. The van der Waals surface area contributed by atoms with E-state index in [2.05, 4.69) is 5.32 Å². The Morgan fingerprint density at radius 2 is 1.84 bits per heavy atom. The molecule has 3 aliphatic rings. The second-order valence-electron chi connectivity index (χ2n) is 8.49. The van der Waals surface area contributed by atoms with E-state index in [9.17, 15) is 9.59 Å². The number of carbonyl (C=O) groups is 2. The molecule has 0 bridgehead atoms. The summed E-state index contributed by atoms with van der Waals surface area (Å²) in [4.78, 5) is 29.2. The number of methoxy groups -OCH3 is 1. The van der Waals surface area contributed by atoms with Crippen LogP contribution in [0.3, 0.4) is 0 Å². The maximum absolute atomic E-state index is 13.2. The van der Waals surface area contributed by atoms with Crippen LogP contribution in [0.25, 0.3) is 0 Å². The molecule has 0 radical (unpaired) electrons. The van der Waals surface area contributed by atoms with Crippen molar-refractivity contribution < 1.29 is 23.8 Å². The molecule has 0 saturated carbocycles. The molecule has 3 aliphatic heterocycles. The molecule has 2 unspecified atom stereocenters. The number of benzene rings is 1. The summed E-state index contributed by atoms with van der Waals surface area (Å²) in [5.74, 6) is 0.718. The molecule has 1 N–H and O–H groups in total. The Morgan fingerprint density at radius 3 is 2.42 bits per heavy atom. The van der Waals surface area contributed by atoms with Crippen LogP contribution >= 0.6 is 0 Å². The van der Waals surface area contributed by atoms with Crippen molar-refractivity contribution in [2.24, 2.45) is 0 Å². The normalized spacial score (nSPS) is 23.8. The van der Waals surface area contributed by atoms with E-state index >= 15 is 0 Å².